The fourth-order valence-corrected chi connectivity index (χ4v) is 3.77. The Hall–Kier alpha value is -0.0800. The van der Waals surface area contributed by atoms with E-state index >= 15 is 0 Å². The van der Waals surface area contributed by atoms with E-state index in [0.29, 0.717) is 16.9 Å². The highest BCUT2D eigenvalue weighted by molar-refractivity contribution is 4.93. The summed E-state index contributed by atoms with van der Waals surface area (Å²) in [5.74, 6) is 0.760. The summed E-state index contributed by atoms with van der Waals surface area (Å²) in [7, 11) is 0. The Bertz CT molecular complexity index is 295. The lowest BCUT2D eigenvalue weighted by molar-refractivity contribution is -0.0351. The first-order valence-corrected chi connectivity index (χ1v) is 8.11. The van der Waals surface area contributed by atoms with E-state index in [1.807, 2.05) is 0 Å². The molecule has 2 heteroatoms. The van der Waals surface area contributed by atoms with Crippen LogP contribution in [0.2, 0.25) is 0 Å². The van der Waals surface area contributed by atoms with Crippen LogP contribution in [0.1, 0.15) is 66.7 Å². The Morgan fingerprint density at radius 1 is 1.05 bits per heavy atom. The molecular weight excluding hydrogens is 234 g/mol. The Labute approximate surface area is 119 Å². The summed E-state index contributed by atoms with van der Waals surface area (Å²) in [4.78, 5) is 2.58. The van der Waals surface area contributed by atoms with E-state index in [9.17, 15) is 5.11 Å². The molecule has 1 aliphatic carbocycles. The van der Waals surface area contributed by atoms with Crippen molar-refractivity contribution in [2.24, 2.45) is 16.7 Å². The van der Waals surface area contributed by atoms with Gasteiger partial charge in [0.25, 0.3) is 0 Å². The molecule has 1 aliphatic heterocycles. The SMILES string of the molecule is CC1(C)CCN(C2CC(C(C)(C)C)CCC2O)CC1. The third kappa shape index (κ3) is 3.72. The molecule has 1 N–H and O–H groups in total. The van der Waals surface area contributed by atoms with E-state index in [0.717, 1.165) is 12.3 Å². The second-order valence-electron chi connectivity index (χ2n) is 8.71. The second-order valence-corrected chi connectivity index (χ2v) is 8.71. The zero-order valence-corrected chi connectivity index (χ0v) is 13.6. The number of hydrogen-bond acceptors (Lipinski definition) is 2. The summed E-state index contributed by atoms with van der Waals surface area (Å²) in [5, 5.41) is 10.4. The highest BCUT2D eigenvalue weighted by atomic mass is 16.3. The van der Waals surface area contributed by atoms with E-state index in [1.165, 1.54) is 38.8 Å². The monoisotopic (exact) mass is 267 g/mol. The number of piperidine rings is 1. The van der Waals surface area contributed by atoms with Crippen molar-refractivity contribution in [1.82, 2.24) is 4.90 Å². The van der Waals surface area contributed by atoms with Gasteiger partial charge in [-0.1, -0.05) is 34.6 Å². The first-order chi connectivity index (χ1) is 8.69. The average molecular weight is 267 g/mol. The number of rotatable bonds is 1. The fourth-order valence-electron chi connectivity index (χ4n) is 3.77. The van der Waals surface area contributed by atoms with Crippen molar-refractivity contribution < 1.29 is 5.11 Å². The predicted octanol–water partition coefficient (Wildman–Crippen LogP) is 3.68. The molecule has 0 spiro atoms. The number of hydrogen-bond donors (Lipinski definition) is 1. The van der Waals surface area contributed by atoms with Crippen LogP contribution in [0.5, 0.6) is 0 Å². The van der Waals surface area contributed by atoms with Crippen LogP contribution in [0.4, 0.5) is 0 Å². The van der Waals surface area contributed by atoms with Crippen molar-refractivity contribution in [2.45, 2.75) is 78.9 Å². The molecule has 1 saturated heterocycles. The third-order valence-corrected chi connectivity index (χ3v) is 5.63. The van der Waals surface area contributed by atoms with Gasteiger partial charge in [0.2, 0.25) is 0 Å². The molecule has 0 amide bonds. The zero-order valence-electron chi connectivity index (χ0n) is 13.6. The van der Waals surface area contributed by atoms with Gasteiger partial charge in [0.05, 0.1) is 6.10 Å². The van der Waals surface area contributed by atoms with Crippen LogP contribution in [0.3, 0.4) is 0 Å². The summed E-state index contributed by atoms with van der Waals surface area (Å²) in [5.41, 5.74) is 0.882. The van der Waals surface area contributed by atoms with Crippen molar-refractivity contribution >= 4 is 0 Å². The number of aliphatic hydroxyl groups is 1. The summed E-state index contributed by atoms with van der Waals surface area (Å²) < 4.78 is 0. The van der Waals surface area contributed by atoms with Gasteiger partial charge in [-0.2, -0.15) is 0 Å². The van der Waals surface area contributed by atoms with Crippen molar-refractivity contribution in [2.75, 3.05) is 13.1 Å². The first kappa shape index (κ1) is 15.3. The maximum atomic E-state index is 10.4. The van der Waals surface area contributed by atoms with E-state index < -0.39 is 0 Å². The molecule has 0 bridgehead atoms. The molecule has 112 valence electrons. The molecule has 0 radical (unpaired) electrons. The van der Waals surface area contributed by atoms with E-state index in [4.69, 9.17) is 0 Å². The molecule has 0 aromatic rings. The van der Waals surface area contributed by atoms with Crippen LogP contribution in [0.25, 0.3) is 0 Å². The molecule has 1 heterocycles. The van der Waals surface area contributed by atoms with E-state index in [2.05, 4.69) is 39.5 Å². The van der Waals surface area contributed by atoms with Gasteiger partial charge in [0, 0.05) is 6.04 Å². The highest BCUT2D eigenvalue weighted by Crippen LogP contribution is 2.41. The topological polar surface area (TPSA) is 23.5 Å². The lowest BCUT2D eigenvalue weighted by Crippen LogP contribution is -2.52. The highest BCUT2D eigenvalue weighted by Gasteiger charge is 2.39. The van der Waals surface area contributed by atoms with Crippen molar-refractivity contribution in [3.63, 3.8) is 0 Å². The number of likely N-dealkylation sites (tertiary alicyclic amines) is 1. The minimum atomic E-state index is -0.0974. The molecule has 19 heavy (non-hydrogen) atoms. The van der Waals surface area contributed by atoms with E-state index in [-0.39, 0.29) is 6.10 Å². The molecule has 2 fully saturated rings. The van der Waals surface area contributed by atoms with Gasteiger partial charge in [-0.25, -0.2) is 0 Å². The van der Waals surface area contributed by atoms with Crippen molar-refractivity contribution in [1.29, 1.82) is 0 Å². The van der Waals surface area contributed by atoms with Gasteiger partial charge in [0.1, 0.15) is 0 Å². The van der Waals surface area contributed by atoms with E-state index in [1.54, 1.807) is 0 Å². The Kier molecular flexibility index (Phi) is 4.32. The molecule has 2 aliphatic rings. The van der Waals surface area contributed by atoms with Gasteiger partial charge >= 0.3 is 0 Å². The van der Waals surface area contributed by atoms with Crippen LogP contribution in [-0.4, -0.2) is 35.2 Å². The molecule has 2 rings (SSSR count). The average Bonchev–Trinajstić information content (AvgIpc) is 2.29. The number of aliphatic hydroxyl groups excluding tert-OH is 1. The molecule has 0 aromatic heterocycles. The Morgan fingerprint density at radius 3 is 2.16 bits per heavy atom. The normalized spacial score (nSPS) is 37.3. The van der Waals surface area contributed by atoms with Gasteiger partial charge in [-0.15, -0.1) is 0 Å². The number of nitrogens with zero attached hydrogens (tertiary/aromatic N) is 1. The maximum absolute atomic E-state index is 10.4. The predicted molar refractivity (Wildman–Crippen MR) is 81.2 cm³/mol. The molecule has 1 saturated carbocycles. The summed E-state index contributed by atoms with van der Waals surface area (Å²) in [6.07, 6.45) is 5.82. The van der Waals surface area contributed by atoms with Crippen LogP contribution in [0, 0.1) is 16.7 Å². The zero-order chi connectivity index (χ0) is 14.3. The molecule has 0 aromatic carbocycles. The van der Waals surface area contributed by atoms with Crippen LogP contribution in [0.15, 0.2) is 0 Å². The smallest absolute Gasteiger partial charge is 0.0695 e. The largest absolute Gasteiger partial charge is 0.391 e. The van der Waals surface area contributed by atoms with Crippen LogP contribution >= 0.6 is 0 Å². The minimum Gasteiger partial charge on any atom is -0.391 e. The van der Waals surface area contributed by atoms with Crippen LogP contribution in [-0.2, 0) is 0 Å². The fraction of sp³-hybridized carbons (Fsp3) is 1.00. The first-order valence-electron chi connectivity index (χ1n) is 8.11. The lowest BCUT2D eigenvalue weighted by atomic mass is 9.69. The quantitative estimate of drug-likeness (QED) is 0.783. The molecular formula is C17H33NO. The standard InChI is InChI=1S/C17H33NO/c1-16(2,3)13-6-7-15(19)14(12-13)18-10-8-17(4,5)9-11-18/h13-15,19H,6-12H2,1-5H3. The van der Waals surface area contributed by atoms with Gasteiger partial charge < -0.3 is 5.11 Å². The summed E-state index contributed by atoms with van der Waals surface area (Å²) in [6.45, 7) is 14.2. The molecule has 3 atom stereocenters. The van der Waals surface area contributed by atoms with Crippen LogP contribution < -0.4 is 0 Å². The second kappa shape index (κ2) is 5.37. The minimum absolute atomic E-state index is 0.0974. The van der Waals surface area contributed by atoms with Gasteiger partial charge in [-0.3, -0.25) is 4.90 Å². The molecule has 3 unspecified atom stereocenters. The summed E-state index contributed by atoms with van der Waals surface area (Å²) in [6, 6.07) is 0.411. The third-order valence-electron chi connectivity index (χ3n) is 5.63. The van der Waals surface area contributed by atoms with Crippen molar-refractivity contribution in [3.8, 4) is 0 Å². The lowest BCUT2D eigenvalue weighted by Gasteiger charge is -2.47. The Balaban J connectivity index is 1.98. The molecule has 2 nitrogen and oxygen atoms in total. The van der Waals surface area contributed by atoms with Gasteiger partial charge in [0.15, 0.2) is 0 Å². The van der Waals surface area contributed by atoms with Gasteiger partial charge in [-0.05, 0) is 61.9 Å². The Morgan fingerprint density at radius 2 is 1.63 bits per heavy atom. The summed E-state index contributed by atoms with van der Waals surface area (Å²) >= 11 is 0. The van der Waals surface area contributed by atoms with Crippen molar-refractivity contribution in [3.05, 3.63) is 0 Å². The maximum Gasteiger partial charge on any atom is 0.0695 e.